The van der Waals surface area contributed by atoms with Crippen molar-refractivity contribution in [2.45, 2.75) is 18.4 Å². The van der Waals surface area contributed by atoms with Crippen LogP contribution in [0.25, 0.3) is 11.4 Å². The maximum atomic E-state index is 12.5. The Morgan fingerprint density at radius 1 is 0.938 bits per heavy atom. The van der Waals surface area contributed by atoms with E-state index in [1.54, 1.807) is 48.3 Å². The molecule has 5 nitrogen and oxygen atoms in total. The molecule has 0 radical (unpaired) electrons. The van der Waals surface area contributed by atoms with Crippen molar-refractivity contribution in [3.63, 3.8) is 0 Å². The van der Waals surface area contributed by atoms with Crippen LogP contribution in [0.5, 0.6) is 11.6 Å². The predicted octanol–water partition coefficient (Wildman–Crippen LogP) is 5.90. The highest BCUT2D eigenvalue weighted by Gasteiger charge is 2.08. The monoisotopic (exact) mass is 441 g/mol. The molecule has 4 rings (SSSR count). The van der Waals surface area contributed by atoms with Crippen LogP contribution in [-0.2, 0) is 6.54 Å². The van der Waals surface area contributed by atoms with Crippen molar-refractivity contribution in [1.82, 2.24) is 15.3 Å². The largest absolute Gasteiger partial charge is 0.439 e. The Hall–Kier alpha value is -3.64. The molecular formula is C26H23N3O2S. The molecule has 32 heavy (non-hydrogen) atoms. The van der Waals surface area contributed by atoms with Gasteiger partial charge in [0.05, 0.1) is 0 Å². The Kier molecular flexibility index (Phi) is 6.82. The number of nitrogens with zero attached hydrogens (tertiary/aromatic N) is 2. The number of carbonyl (C=O) groups excluding carboxylic acids is 1. The highest BCUT2D eigenvalue weighted by molar-refractivity contribution is 7.98. The third kappa shape index (κ3) is 5.53. The van der Waals surface area contributed by atoms with Crippen LogP contribution >= 0.6 is 11.8 Å². The van der Waals surface area contributed by atoms with E-state index in [2.05, 4.69) is 27.4 Å². The molecule has 0 spiro atoms. The second kappa shape index (κ2) is 10.1. The van der Waals surface area contributed by atoms with E-state index in [0.717, 1.165) is 11.1 Å². The zero-order valence-corrected chi connectivity index (χ0v) is 18.7. The molecular weight excluding hydrogens is 418 g/mol. The van der Waals surface area contributed by atoms with Gasteiger partial charge in [0, 0.05) is 34.8 Å². The first kappa shape index (κ1) is 21.6. The molecule has 0 unspecified atom stereocenters. The van der Waals surface area contributed by atoms with Crippen LogP contribution in [0.1, 0.15) is 21.5 Å². The van der Waals surface area contributed by atoms with Gasteiger partial charge < -0.3 is 10.1 Å². The molecule has 1 aromatic heterocycles. The lowest BCUT2D eigenvalue weighted by Gasteiger charge is -2.08. The van der Waals surface area contributed by atoms with Gasteiger partial charge in [0.2, 0.25) is 5.88 Å². The summed E-state index contributed by atoms with van der Waals surface area (Å²) in [4.78, 5) is 22.5. The minimum atomic E-state index is -0.130. The predicted molar refractivity (Wildman–Crippen MR) is 128 cm³/mol. The zero-order chi connectivity index (χ0) is 22.3. The maximum absolute atomic E-state index is 12.5. The lowest BCUT2D eigenvalue weighted by atomic mass is 10.1. The number of carbonyl (C=O) groups is 1. The van der Waals surface area contributed by atoms with Gasteiger partial charge in [0.25, 0.3) is 5.91 Å². The molecule has 160 valence electrons. The van der Waals surface area contributed by atoms with Gasteiger partial charge in [-0.1, -0.05) is 42.0 Å². The molecule has 3 aromatic carbocycles. The number of rotatable bonds is 7. The van der Waals surface area contributed by atoms with E-state index in [1.807, 2.05) is 49.6 Å². The van der Waals surface area contributed by atoms with Crippen molar-refractivity contribution >= 4 is 17.7 Å². The Morgan fingerprint density at radius 3 is 2.34 bits per heavy atom. The summed E-state index contributed by atoms with van der Waals surface area (Å²) >= 11 is 1.69. The van der Waals surface area contributed by atoms with Gasteiger partial charge in [0.1, 0.15) is 5.75 Å². The molecule has 1 heterocycles. The van der Waals surface area contributed by atoms with Crippen LogP contribution in [0.2, 0.25) is 0 Å². The molecule has 0 aliphatic heterocycles. The van der Waals surface area contributed by atoms with Gasteiger partial charge in [0.15, 0.2) is 5.82 Å². The topological polar surface area (TPSA) is 64.1 Å². The molecule has 6 heteroatoms. The molecule has 0 saturated heterocycles. The molecule has 0 saturated carbocycles. The average molecular weight is 442 g/mol. The molecule has 0 bridgehead atoms. The number of nitrogens with one attached hydrogen (secondary N) is 1. The normalized spacial score (nSPS) is 10.6. The van der Waals surface area contributed by atoms with Gasteiger partial charge in [-0.05, 0) is 55.1 Å². The summed E-state index contributed by atoms with van der Waals surface area (Å²) in [5.74, 6) is 1.52. The van der Waals surface area contributed by atoms with Crippen LogP contribution < -0.4 is 10.1 Å². The van der Waals surface area contributed by atoms with Crippen LogP contribution in [0, 0.1) is 6.92 Å². The number of hydrogen-bond acceptors (Lipinski definition) is 5. The van der Waals surface area contributed by atoms with Crippen molar-refractivity contribution in [3.8, 4) is 23.0 Å². The second-order valence-electron chi connectivity index (χ2n) is 7.24. The Morgan fingerprint density at radius 2 is 1.66 bits per heavy atom. The van der Waals surface area contributed by atoms with E-state index in [9.17, 15) is 4.79 Å². The molecule has 0 aliphatic rings. The Labute approximate surface area is 191 Å². The van der Waals surface area contributed by atoms with Gasteiger partial charge in [-0.15, -0.1) is 11.8 Å². The fourth-order valence-electron chi connectivity index (χ4n) is 3.06. The number of aryl methyl sites for hydroxylation is 1. The minimum absolute atomic E-state index is 0.130. The first-order chi connectivity index (χ1) is 15.6. The van der Waals surface area contributed by atoms with Crippen LogP contribution in [0.3, 0.4) is 0 Å². The lowest BCUT2D eigenvalue weighted by Crippen LogP contribution is -2.22. The van der Waals surface area contributed by atoms with E-state index in [1.165, 1.54) is 10.5 Å². The van der Waals surface area contributed by atoms with E-state index in [4.69, 9.17) is 4.74 Å². The third-order valence-electron chi connectivity index (χ3n) is 4.89. The Bertz CT molecular complexity index is 1190. The van der Waals surface area contributed by atoms with Gasteiger partial charge in [-0.2, -0.15) is 4.98 Å². The van der Waals surface area contributed by atoms with E-state index >= 15 is 0 Å². The van der Waals surface area contributed by atoms with Gasteiger partial charge in [-0.3, -0.25) is 4.79 Å². The number of hydrogen-bond donors (Lipinski definition) is 1. The fraction of sp³-hybridized carbons (Fsp3) is 0.115. The summed E-state index contributed by atoms with van der Waals surface area (Å²) in [6, 6.07) is 24.9. The van der Waals surface area contributed by atoms with E-state index < -0.39 is 0 Å². The lowest BCUT2D eigenvalue weighted by molar-refractivity contribution is 0.0951. The van der Waals surface area contributed by atoms with Crippen molar-refractivity contribution in [2.24, 2.45) is 0 Å². The first-order valence-electron chi connectivity index (χ1n) is 10.2. The van der Waals surface area contributed by atoms with Gasteiger partial charge in [-0.25, -0.2) is 4.98 Å². The number of ether oxygens (including phenoxy) is 1. The minimum Gasteiger partial charge on any atom is -0.439 e. The number of aromatic nitrogens is 2. The molecule has 0 fully saturated rings. The average Bonchev–Trinajstić information content (AvgIpc) is 2.84. The van der Waals surface area contributed by atoms with E-state index in [0.29, 0.717) is 29.6 Å². The quantitative estimate of drug-likeness (QED) is 0.362. The standard InChI is InChI=1S/C26H23N3O2S/c1-18-3-7-20(8-4-18)25-27-16-15-24(29-25)31-22-11-9-21(10-12-22)26(30)28-17-19-5-13-23(32-2)14-6-19/h3-16H,17H2,1-2H3,(H,28,30). The summed E-state index contributed by atoms with van der Waals surface area (Å²) in [7, 11) is 0. The maximum Gasteiger partial charge on any atom is 0.251 e. The van der Waals surface area contributed by atoms with Crippen molar-refractivity contribution in [3.05, 3.63) is 102 Å². The molecule has 4 aromatic rings. The molecule has 1 N–H and O–H groups in total. The van der Waals surface area contributed by atoms with Gasteiger partial charge >= 0.3 is 0 Å². The zero-order valence-electron chi connectivity index (χ0n) is 17.9. The van der Waals surface area contributed by atoms with Crippen LogP contribution in [-0.4, -0.2) is 22.1 Å². The Balaban J connectivity index is 1.37. The smallest absolute Gasteiger partial charge is 0.251 e. The number of amides is 1. The highest BCUT2D eigenvalue weighted by atomic mass is 32.2. The summed E-state index contributed by atoms with van der Waals surface area (Å²) in [6.45, 7) is 2.52. The van der Waals surface area contributed by atoms with Crippen molar-refractivity contribution in [1.29, 1.82) is 0 Å². The van der Waals surface area contributed by atoms with E-state index in [-0.39, 0.29) is 5.91 Å². The summed E-state index contributed by atoms with van der Waals surface area (Å²) < 4.78 is 5.87. The fourth-order valence-corrected chi connectivity index (χ4v) is 3.47. The second-order valence-corrected chi connectivity index (χ2v) is 8.12. The highest BCUT2D eigenvalue weighted by Crippen LogP contribution is 2.23. The van der Waals surface area contributed by atoms with Crippen molar-refractivity contribution in [2.75, 3.05) is 6.26 Å². The molecule has 1 amide bonds. The summed E-state index contributed by atoms with van der Waals surface area (Å²) in [5, 5.41) is 2.94. The first-order valence-corrected chi connectivity index (χ1v) is 11.4. The van der Waals surface area contributed by atoms with Crippen LogP contribution in [0.4, 0.5) is 0 Å². The SMILES string of the molecule is CSc1ccc(CNC(=O)c2ccc(Oc3ccnc(-c4ccc(C)cc4)n3)cc2)cc1. The number of benzene rings is 3. The van der Waals surface area contributed by atoms with Crippen molar-refractivity contribution < 1.29 is 9.53 Å². The molecule has 0 atom stereocenters. The van der Waals surface area contributed by atoms with Crippen LogP contribution in [0.15, 0.2) is 90.0 Å². The third-order valence-corrected chi connectivity index (χ3v) is 5.63. The molecule has 0 aliphatic carbocycles. The summed E-state index contributed by atoms with van der Waals surface area (Å²) in [5.41, 5.74) is 3.74. The summed E-state index contributed by atoms with van der Waals surface area (Å²) in [6.07, 6.45) is 3.71. The number of thioether (sulfide) groups is 1.